The molecule has 0 aromatic rings. The maximum absolute atomic E-state index is 12.7. The minimum Gasteiger partial charge on any atom is -0.389 e. The maximum Gasteiger partial charge on any atom is 0.141 e. The molecule has 1 saturated carbocycles. The molecular formula is C18H28BrClO3. The zero-order valence-corrected chi connectivity index (χ0v) is 16.5. The smallest absolute Gasteiger partial charge is 0.141 e. The van der Waals surface area contributed by atoms with Crippen LogP contribution in [-0.4, -0.2) is 39.4 Å². The molecule has 8 atom stereocenters. The second-order valence-electron chi connectivity index (χ2n) is 8.19. The number of Topliss-reactive ketones (excluding diaryl/α,β-unsaturated/α-hetero) is 1. The molecule has 1 aliphatic carbocycles. The highest BCUT2D eigenvalue weighted by Gasteiger charge is 2.64. The molecule has 23 heavy (non-hydrogen) atoms. The van der Waals surface area contributed by atoms with Crippen LogP contribution in [0.25, 0.3) is 0 Å². The van der Waals surface area contributed by atoms with E-state index in [1.54, 1.807) is 0 Å². The Morgan fingerprint density at radius 2 is 2.17 bits per heavy atom. The number of ether oxygens (including phenoxy) is 1. The topological polar surface area (TPSA) is 46.5 Å². The van der Waals surface area contributed by atoms with E-state index in [2.05, 4.69) is 29.8 Å². The minimum absolute atomic E-state index is 0.0339. The minimum atomic E-state index is -0.822. The van der Waals surface area contributed by atoms with Crippen molar-refractivity contribution in [1.82, 2.24) is 0 Å². The molecule has 3 nitrogen and oxygen atoms in total. The first-order chi connectivity index (χ1) is 10.8. The van der Waals surface area contributed by atoms with Crippen LogP contribution in [0.4, 0.5) is 0 Å². The number of ketones is 1. The third kappa shape index (κ3) is 2.92. The Hall–Kier alpha value is 0.360. The summed E-state index contributed by atoms with van der Waals surface area (Å²) < 4.78 is 6.34. The Balaban J connectivity index is 1.95. The van der Waals surface area contributed by atoms with Gasteiger partial charge in [-0.25, -0.2) is 0 Å². The standard InChI is InChI=1S/C18H28BrClO3/c1-9(2)11-7-14(19)18(3,22)16-13-8-12(21)10(5-4-6-20)17(23-13)15(11)16/h9-11,13-17,22H,4-8H2,1-3H3/t10-,11+,13+,14-,15+,16+,17-,18+/m0/s1. The van der Waals surface area contributed by atoms with Crippen LogP contribution < -0.4 is 0 Å². The van der Waals surface area contributed by atoms with Crippen molar-refractivity contribution in [2.75, 3.05) is 5.88 Å². The monoisotopic (exact) mass is 406 g/mol. The van der Waals surface area contributed by atoms with Crippen molar-refractivity contribution in [2.45, 2.75) is 69.1 Å². The van der Waals surface area contributed by atoms with Gasteiger partial charge in [0.2, 0.25) is 0 Å². The number of carbonyl (C=O) groups excluding carboxylic acids is 1. The summed E-state index contributed by atoms with van der Waals surface area (Å²) in [5.41, 5.74) is -0.822. The quantitative estimate of drug-likeness (QED) is 0.721. The van der Waals surface area contributed by atoms with Gasteiger partial charge in [-0.05, 0) is 43.9 Å². The summed E-state index contributed by atoms with van der Waals surface area (Å²) in [6.45, 7) is 6.42. The van der Waals surface area contributed by atoms with Crippen LogP contribution in [0.3, 0.4) is 0 Å². The van der Waals surface area contributed by atoms with E-state index in [9.17, 15) is 9.90 Å². The number of rotatable bonds is 4. The number of halogens is 2. The van der Waals surface area contributed by atoms with Crippen LogP contribution >= 0.6 is 27.5 Å². The van der Waals surface area contributed by atoms with E-state index >= 15 is 0 Å². The van der Waals surface area contributed by atoms with Gasteiger partial charge in [-0.2, -0.15) is 0 Å². The predicted molar refractivity (Wildman–Crippen MR) is 95.0 cm³/mol. The molecule has 3 rings (SSSR count). The van der Waals surface area contributed by atoms with E-state index in [1.807, 2.05) is 6.92 Å². The van der Waals surface area contributed by atoms with E-state index in [-0.39, 0.29) is 34.8 Å². The molecule has 0 spiro atoms. The summed E-state index contributed by atoms with van der Waals surface area (Å²) in [6.07, 6.45) is 2.90. The van der Waals surface area contributed by atoms with Crippen molar-refractivity contribution in [3.63, 3.8) is 0 Å². The van der Waals surface area contributed by atoms with Crippen molar-refractivity contribution in [2.24, 2.45) is 29.6 Å². The SMILES string of the molecule is CC(C)[C@H]1C[C@H](Br)[C@@](C)(O)[C@H]2[C@@H]1[C@H]1O[C@@H]2CC(=O)[C@@H]1CCCCl. The summed E-state index contributed by atoms with van der Waals surface area (Å²) in [6, 6.07) is 0. The predicted octanol–water partition coefficient (Wildman–Crippen LogP) is 3.78. The molecule has 132 valence electrons. The van der Waals surface area contributed by atoms with Gasteiger partial charge in [0.25, 0.3) is 0 Å². The first-order valence-corrected chi connectivity index (χ1v) is 10.3. The number of fused-ring (bicyclic) bond motifs is 5. The van der Waals surface area contributed by atoms with Gasteiger partial charge in [-0.3, -0.25) is 4.79 Å². The lowest BCUT2D eigenvalue weighted by molar-refractivity contribution is -0.141. The molecular weight excluding hydrogens is 380 g/mol. The number of hydrogen-bond acceptors (Lipinski definition) is 3. The molecule has 0 aromatic carbocycles. The van der Waals surface area contributed by atoms with Gasteiger partial charge in [0.1, 0.15) is 5.78 Å². The number of alkyl halides is 2. The third-order valence-electron chi connectivity index (χ3n) is 6.53. The highest BCUT2D eigenvalue weighted by molar-refractivity contribution is 9.09. The Morgan fingerprint density at radius 1 is 1.48 bits per heavy atom. The zero-order chi connectivity index (χ0) is 16.9. The third-order valence-corrected chi connectivity index (χ3v) is 8.09. The van der Waals surface area contributed by atoms with Crippen molar-refractivity contribution in [3.05, 3.63) is 0 Å². The van der Waals surface area contributed by atoms with Crippen LogP contribution in [0.15, 0.2) is 0 Å². The van der Waals surface area contributed by atoms with Crippen LogP contribution in [0, 0.1) is 29.6 Å². The largest absolute Gasteiger partial charge is 0.389 e. The van der Waals surface area contributed by atoms with Gasteiger partial charge in [0, 0.05) is 29.0 Å². The highest BCUT2D eigenvalue weighted by atomic mass is 79.9. The highest BCUT2D eigenvalue weighted by Crippen LogP contribution is 2.58. The normalized spacial score (nSPS) is 49.5. The molecule has 1 N–H and O–H groups in total. The van der Waals surface area contributed by atoms with Crippen LogP contribution in [0.1, 0.15) is 46.5 Å². The molecule has 2 saturated heterocycles. The Kier molecular flexibility index (Phi) is 5.20. The van der Waals surface area contributed by atoms with Gasteiger partial charge >= 0.3 is 0 Å². The van der Waals surface area contributed by atoms with Crippen LogP contribution in [0.2, 0.25) is 0 Å². The van der Waals surface area contributed by atoms with E-state index in [0.29, 0.717) is 29.9 Å². The van der Waals surface area contributed by atoms with E-state index in [4.69, 9.17) is 16.3 Å². The molecule has 0 aromatic heterocycles. The summed E-state index contributed by atoms with van der Waals surface area (Å²) in [5.74, 6) is 2.18. The second-order valence-corrected chi connectivity index (χ2v) is 9.67. The molecule has 0 amide bonds. The van der Waals surface area contributed by atoms with Crippen molar-refractivity contribution in [3.8, 4) is 0 Å². The van der Waals surface area contributed by atoms with Crippen LogP contribution in [-0.2, 0) is 9.53 Å². The number of hydrogen-bond donors (Lipinski definition) is 1. The van der Waals surface area contributed by atoms with Gasteiger partial charge in [-0.15, -0.1) is 11.6 Å². The average molecular weight is 408 g/mol. The Bertz CT molecular complexity index is 467. The number of aliphatic hydroxyl groups is 1. The lowest BCUT2D eigenvalue weighted by Gasteiger charge is -2.49. The van der Waals surface area contributed by atoms with Crippen molar-refractivity contribution >= 4 is 33.3 Å². The summed E-state index contributed by atoms with van der Waals surface area (Å²) in [7, 11) is 0. The average Bonchev–Trinajstić information content (AvgIpc) is 2.78. The number of carbonyl (C=O) groups is 1. The summed E-state index contributed by atoms with van der Waals surface area (Å²) in [5, 5.41) is 11.1. The molecule has 5 heteroatoms. The van der Waals surface area contributed by atoms with Crippen molar-refractivity contribution in [1.29, 1.82) is 0 Å². The van der Waals surface area contributed by atoms with E-state index in [1.165, 1.54) is 0 Å². The van der Waals surface area contributed by atoms with Crippen LogP contribution in [0.5, 0.6) is 0 Å². The first kappa shape index (κ1) is 18.2. The first-order valence-electron chi connectivity index (χ1n) is 8.89. The molecule has 3 fully saturated rings. The molecule has 3 aliphatic rings. The fourth-order valence-corrected chi connectivity index (χ4v) is 6.25. The molecule has 2 heterocycles. The summed E-state index contributed by atoms with van der Waals surface area (Å²) >= 11 is 9.57. The fraction of sp³-hybridized carbons (Fsp3) is 0.944. The second kappa shape index (κ2) is 6.59. The summed E-state index contributed by atoms with van der Waals surface area (Å²) in [4.78, 5) is 12.7. The molecule has 2 aliphatic heterocycles. The Labute approximate surface area is 152 Å². The molecule has 0 radical (unpaired) electrons. The van der Waals surface area contributed by atoms with E-state index < -0.39 is 5.60 Å². The fourth-order valence-electron chi connectivity index (χ4n) is 5.36. The van der Waals surface area contributed by atoms with Gasteiger partial charge in [0.05, 0.1) is 17.8 Å². The maximum atomic E-state index is 12.7. The van der Waals surface area contributed by atoms with E-state index in [0.717, 1.165) is 19.3 Å². The van der Waals surface area contributed by atoms with Gasteiger partial charge in [0.15, 0.2) is 0 Å². The lowest BCUT2D eigenvalue weighted by Crippen LogP contribution is -2.56. The van der Waals surface area contributed by atoms with Gasteiger partial charge in [-0.1, -0.05) is 29.8 Å². The Morgan fingerprint density at radius 3 is 2.78 bits per heavy atom. The molecule has 0 unspecified atom stereocenters. The van der Waals surface area contributed by atoms with Gasteiger partial charge < -0.3 is 9.84 Å². The zero-order valence-electron chi connectivity index (χ0n) is 14.2. The lowest BCUT2D eigenvalue weighted by atomic mass is 9.59. The van der Waals surface area contributed by atoms with Crippen molar-refractivity contribution < 1.29 is 14.6 Å². The molecule has 2 bridgehead atoms.